The number of benzene rings is 1. The van der Waals surface area contributed by atoms with E-state index >= 15 is 0 Å². The average Bonchev–Trinajstić information content (AvgIpc) is 2.10. The van der Waals surface area contributed by atoms with Crippen molar-refractivity contribution in [2.24, 2.45) is 0 Å². The summed E-state index contributed by atoms with van der Waals surface area (Å²) in [4.78, 5) is 19.3. The second kappa shape index (κ2) is 3.91. The Morgan fingerprint density at radius 1 is 1.36 bits per heavy atom. The first-order valence-corrected chi connectivity index (χ1v) is 3.62. The Labute approximate surface area is 77.3 Å². The fraction of sp³-hybridized carbons (Fsp3) is 0.125. The molecule has 0 saturated heterocycles. The first-order valence-electron chi connectivity index (χ1n) is 3.62. The van der Waals surface area contributed by atoms with Crippen LogP contribution in [0, 0.1) is 21.7 Å². The lowest BCUT2D eigenvalue weighted by atomic mass is 10.1. The highest BCUT2D eigenvalue weighted by Crippen LogP contribution is 2.20. The number of rotatable bonds is 3. The van der Waals surface area contributed by atoms with Crippen LogP contribution in [0.3, 0.4) is 0 Å². The lowest BCUT2D eigenvalue weighted by molar-refractivity contribution is -0.385. The molecule has 0 amide bonds. The Hall–Kier alpha value is -1.85. The van der Waals surface area contributed by atoms with Gasteiger partial charge in [0.2, 0.25) is 0 Å². The van der Waals surface area contributed by atoms with Gasteiger partial charge in [0.05, 0.1) is 17.1 Å². The van der Waals surface area contributed by atoms with E-state index in [2.05, 4.69) is 0 Å². The van der Waals surface area contributed by atoms with E-state index in [0.717, 1.165) is 0 Å². The second-order valence-electron chi connectivity index (χ2n) is 2.52. The number of halogens is 2. The monoisotopic (exact) mass is 201 g/mol. The van der Waals surface area contributed by atoms with Crippen molar-refractivity contribution >= 4 is 12.0 Å². The predicted octanol–water partition coefficient (Wildman–Crippen LogP) is 1.61. The first-order chi connectivity index (χ1) is 6.56. The van der Waals surface area contributed by atoms with Crippen LogP contribution >= 0.6 is 0 Å². The summed E-state index contributed by atoms with van der Waals surface area (Å²) in [5, 5.41) is 10.2. The van der Waals surface area contributed by atoms with Crippen molar-refractivity contribution in [2.75, 3.05) is 0 Å². The number of nitrogens with zero attached hydrogens (tertiary/aromatic N) is 1. The largest absolute Gasteiger partial charge is 0.303 e. The van der Waals surface area contributed by atoms with Gasteiger partial charge in [0.1, 0.15) is 17.9 Å². The number of carbonyl (C=O) groups excluding carboxylic acids is 1. The third kappa shape index (κ3) is 1.90. The summed E-state index contributed by atoms with van der Waals surface area (Å²) >= 11 is 0. The number of carbonyl (C=O) groups is 1. The Morgan fingerprint density at radius 2 is 1.86 bits per heavy atom. The van der Waals surface area contributed by atoms with Gasteiger partial charge < -0.3 is 4.79 Å². The molecule has 4 nitrogen and oxygen atoms in total. The van der Waals surface area contributed by atoms with Crippen LogP contribution in [-0.4, -0.2) is 11.2 Å². The first kappa shape index (κ1) is 10.2. The van der Waals surface area contributed by atoms with E-state index in [9.17, 15) is 23.7 Å². The summed E-state index contributed by atoms with van der Waals surface area (Å²) in [6.45, 7) is 0. The van der Waals surface area contributed by atoms with Crippen LogP contribution in [0.2, 0.25) is 0 Å². The number of hydrogen-bond donors (Lipinski definition) is 0. The van der Waals surface area contributed by atoms with Gasteiger partial charge in [0.15, 0.2) is 0 Å². The summed E-state index contributed by atoms with van der Waals surface area (Å²) in [6.07, 6.45) is -0.108. The maximum atomic E-state index is 13.0. The molecule has 0 aromatic heterocycles. The molecule has 0 fully saturated rings. The highest BCUT2D eigenvalue weighted by atomic mass is 19.1. The van der Waals surface area contributed by atoms with E-state index < -0.39 is 34.2 Å². The number of nitro benzene ring substituents is 1. The van der Waals surface area contributed by atoms with Crippen LogP contribution in [0.1, 0.15) is 5.56 Å². The molecule has 0 atom stereocenters. The summed E-state index contributed by atoms with van der Waals surface area (Å²) in [7, 11) is 0. The van der Waals surface area contributed by atoms with Gasteiger partial charge in [-0.25, -0.2) is 8.78 Å². The summed E-state index contributed by atoms with van der Waals surface area (Å²) in [5.41, 5.74) is -1.12. The Kier molecular flexibility index (Phi) is 2.85. The molecule has 1 rings (SSSR count). The number of nitro groups is 1. The minimum absolute atomic E-state index is 0.327. The van der Waals surface area contributed by atoms with Crippen molar-refractivity contribution in [3.63, 3.8) is 0 Å². The molecule has 0 spiro atoms. The van der Waals surface area contributed by atoms with Crippen LogP contribution in [0.5, 0.6) is 0 Å². The maximum Gasteiger partial charge on any atom is 0.275 e. The highest BCUT2D eigenvalue weighted by Gasteiger charge is 2.16. The van der Waals surface area contributed by atoms with Gasteiger partial charge in [0.25, 0.3) is 5.69 Å². The van der Waals surface area contributed by atoms with Gasteiger partial charge in [-0.1, -0.05) is 0 Å². The van der Waals surface area contributed by atoms with Crippen LogP contribution < -0.4 is 0 Å². The third-order valence-electron chi connectivity index (χ3n) is 1.62. The van der Waals surface area contributed by atoms with Crippen molar-refractivity contribution in [3.05, 3.63) is 39.4 Å². The molecule has 0 N–H and O–H groups in total. The third-order valence-corrected chi connectivity index (χ3v) is 1.62. The van der Waals surface area contributed by atoms with E-state index in [-0.39, 0.29) is 0 Å². The molecule has 6 heteroatoms. The molecule has 14 heavy (non-hydrogen) atoms. The Morgan fingerprint density at radius 3 is 2.21 bits per heavy atom. The molecule has 74 valence electrons. The Balaban J connectivity index is 3.24. The van der Waals surface area contributed by atoms with E-state index in [0.29, 0.717) is 18.4 Å². The molecule has 1 aromatic carbocycles. The fourth-order valence-corrected chi connectivity index (χ4v) is 0.973. The summed E-state index contributed by atoms with van der Waals surface area (Å²) < 4.78 is 25.9. The van der Waals surface area contributed by atoms with Gasteiger partial charge in [0, 0.05) is 12.0 Å². The molecule has 0 unspecified atom stereocenters. The summed E-state index contributed by atoms with van der Waals surface area (Å²) in [5.74, 6) is -2.16. The molecule has 0 aliphatic rings. The van der Waals surface area contributed by atoms with Gasteiger partial charge >= 0.3 is 0 Å². The Bertz CT molecular complexity index is 369. The lowest BCUT2D eigenvalue weighted by Crippen LogP contribution is -1.99. The minimum Gasteiger partial charge on any atom is -0.303 e. The van der Waals surface area contributed by atoms with Gasteiger partial charge in [-0.15, -0.1) is 0 Å². The van der Waals surface area contributed by atoms with E-state index in [1.165, 1.54) is 0 Å². The van der Waals surface area contributed by atoms with Crippen LogP contribution in [0.15, 0.2) is 12.1 Å². The molecule has 0 heterocycles. The van der Waals surface area contributed by atoms with Crippen molar-refractivity contribution < 1.29 is 18.5 Å². The predicted molar refractivity (Wildman–Crippen MR) is 42.8 cm³/mol. The minimum atomic E-state index is -1.08. The quantitative estimate of drug-likeness (QED) is 0.424. The van der Waals surface area contributed by atoms with E-state index in [1.54, 1.807) is 0 Å². The van der Waals surface area contributed by atoms with E-state index in [4.69, 9.17) is 0 Å². The van der Waals surface area contributed by atoms with Gasteiger partial charge in [-0.3, -0.25) is 10.1 Å². The normalized spacial score (nSPS) is 9.86. The van der Waals surface area contributed by atoms with Crippen LogP contribution in [0.4, 0.5) is 14.5 Å². The molecule has 0 saturated carbocycles. The standard InChI is InChI=1S/C8H5F2NO3/c9-7-3-5(11(13)14)4-8(10)6(7)1-2-12/h2-4H,1H2. The molecular weight excluding hydrogens is 196 g/mol. The number of hydrogen-bond acceptors (Lipinski definition) is 3. The molecule has 0 bridgehead atoms. The van der Waals surface area contributed by atoms with Crippen molar-refractivity contribution in [1.82, 2.24) is 0 Å². The zero-order chi connectivity index (χ0) is 10.7. The second-order valence-corrected chi connectivity index (χ2v) is 2.52. The smallest absolute Gasteiger partial charge is 0.275 e. The van der Waals surface area contributed by atoms with E-state index in [1.807, 2.05) is 0 Å². The summed E-state index contributed by atoms with van der Waals surface area (Å²) in [6, 6.07) is 1.17. The SMILES string of the molecule is O=CCc1c(F)cc([N+](=O)[O-])cc1F. The topological polar surface area (TPSA) is 60.2 Å². The van der Waals surface area contributed by atoms with Gasteiger partial charge in [-0.05, 0) is 0 Å². The average molecular weight is 201 g/mol. The molecule has 1 aromatic rings. The molecule has 0 aliphatic carbocycles. The lowest BCUT2D eigenvalue weighted by Gasteiger charge is -2.00. The number of non-ortho nitro benzene ring substituents is 1. The molecule has 0 radical (unpaired) electrons. The zero-order valence-electron chi connectivity index (χ0n) is 6.87. The van der Waals surface area contributed by atoms with Crippen molar-refractivity contribution in [3.8, 4) is 0 Å². The highest BCUT2D eigenvalue weighted by molar-refractivity contribution is 5.56. The maximum absolute atomic E-state index is 13.0. The fourth-order valence-electron chi connectivity index (χ4n) is 0.973. The molecule has 0 aliphatic heterocycles. The van der Waals surface area contributed by atoms with Crippen LogP contribution in [-0.2, 0) is 11.2 Å². The van der Waals surface area contributed by atoms with Crippen molar-refractivity contribution in [1.29, 1.82) is 0 Å². The van der Waals surface area contributed by atoms with Crippen molar-refractivity contribution in [2.45, 2.75) is 6.42 Å². The van der Waals surface area contributed by atoms with Gasteiger partial charge in [-0.2, -0.15) is 0 Å². The molecular formula is C8H5F2NO3. The van der Waals surface area contributed by atoms with Crippen LogP contribution in [0.25, 0.3) is 0 Å². The number of aldehydes is 1. The zero-order valence-corrected chi connectivity index (χ0v) is 6.87.